The van der Waals surface area contributed by atoms with Gasteiger partial charge in [-0.3, -0.25) is 4.79 Å². The average Bonchev–Trinajstić information content (AvgIpc) is 2.59. The fraction of sp³-hybridized carbons (Fsp3) is 0. The van der Waals surface area contributed by atoms with Crippen molar-refractivity contribution >= 4 is 28.5 Å². The van der Waals surface area contributed by atoms with Crippen LogP contribution < -0.4 is 11.0 Å². The number of benzene rings is 2. The van der Waals surface area contributed by atoms with Gasteiger partial charge in [-0.05, 0) is 36.4 Å². The summed E-state index contributed by atoms with van der Waals surface area (Å²) in [5.74, 6) is -0.388. The van der Waals surface area contributed by atoms with Crippen LogP contribution in [0.4, 0.5) is 0 Å². The molecule has 3 aromatic rings. The van der Waals surface area contributed by atoms with E-state index in [1.165, 1.54) is 0 Å². The molecule has 0 aliphatic heterocycles. The van der Waals surface area contributed by atoms with E-state index in [1.54, 1.807) is 48.5 Å². The van der Waals surface area contributed by atoms with Crippen molar-refractivity contribution in [3.63, 3.8) is 0 Å². The molecule has 0 atom stereocenters. The van der Waals surface area contributed by atoms with Gasteiger partial charge in [0.05, 0.1) is 0 Å². The predicted molar refractivity (Wildman–Crippen MR) is 85.4 cm³/mol. The van der Waals surface area contributed by atoms with Gasteiger partial charge in [-0.25, -0.2) is 5.43 Å². The Morgan fingerprint density at radius 2 is 1.96 bits per heavy atom. The second-order valence-electron chi connectivity index (χ2n) is 4.68. The van der Waals surface area contributed by atoms with Crippen LogP contribution in [-0.4, -0.2) is 5.91 Å². The van der Waals surface area contributed by atoms with Crippen LogP contribution in [0.2, 0.25) is 5.02 Å². The van der Waals surface area contributed by atoms with E-state index in [9.17, 15) is 10.1 Å². The molecule has 0 fully saturated rings. The van der Waals surface area contributed by atoms with Crippen LogP contribution in [0.1, 0.15) is 15.9 Å². The molecule has 23 heavy (non-hydrogen) atoms. The Hall–Kier alpha value is -3.10. The molecule has 0 saturated carbocycles. The molecule has 0 spiro atoms. The molecule has 1 N–H and O–H groups in total. The Morgan fingerprint density at radius 3 is 2.70 bits per heavy atom. The number of amides is 1. The van der Waals surface area contributed by atoms with Crippen LogP contribution in [0.15, 0.2) is 64.1 Å². The van der Waals surface area contributed by atoms with Crippen LogP contribution in [-0.2, 0) is 0 Å². The number of rotatable bonds is 2. The highest BCUT2D eigenvalue weighted by Gasteiger charge is 2.06. The lowest BCUT2D eigenvalue weighted by Crippen LogP contribution is -2.22. The van der Waals surface area contributed by atoms with Gasteiger partial charge in [-0.1, -0.05) is 29.8 Å². The quantitative estimate of drug-likeness (QED) is 0.735. The second-order valence-corrected chi connectivity index (χ2v) is 5.11. The van der Waals surface area contributed by atoms with E-state index >= 15 is 0 Å². The monoisotopic (exact) mass is 323 g/mol. The highest BCUT2D eigenvalue weighted by Crippen LogP contribution is 2.18. The molecule has 1 heterocycles. The molecular weight excluding hydrogens is 314 g/mol. The van der Waals surface area contributed by atoms with Crippen molar-refractivity contribution in [1.82, 2.24) is 5.43 Å². The highest BCUT2D eigenvalue weighted by atomic mass is 35.5. The van der Waals surface area contributed by atoms with Gasteiger partial charge in [-0.2, -0.15) is 5.26 Å². The number of hydrogen-bond donors (Lipinski definition) is 1. The van der Waals surface area contributed by atoms with Crippen molar-refractivity contribution < 1.29 is 9.21 Å². The zero-order chi connectivity index (χ0) is 16.2. The maximum atomic E-state index is 12.0. The van der Waals surface area contributed by atoms with Gasteiger partial charge in [0.1, 0.15) is 17.2 Å². The zero-order valence-electron chi connectivity index (χ0n) is 11.8. The van der Waals surface area contributed by atoms with E-state index in [1.807, 2.05) is 12.1 Å². The third-order valence-electron chi connectivity index (χ3n) is 3.12. The van der Waals surface area contributed by atoms with Gasteiger partial charge in [-0.15, -0.1) is 5.10 Å². The zero-order valence-corrected chi connectivity index (χ0v) is 12.5. The molecule has 0 bridgehead atoms. The lowest BCUT2D eigenvalue weighted by atomic mass is 10.2. The van der Waals surface area contributed by atoms with Crippen molar-refractivity contribution in [3.8, 4) is 6.07 Å². The maximum Gasteiger partial charge on any atom is 0.271 e. The minimum Gasteiger partial charge on any atom is -0.436 e. The van der Waals surface area contributed by atoms with Crippen LogP contribution in [0.5, 0.6) is 0 Å². The minimum absolute atomic E-state index is 0.0339. The topological polar surface area (TPSA) is 78.4 Å². The molecular formula is C17H10ClN3O2. The predicted octanol–water partition coefficient (Wildman–Crippen LogP) is 3.20. The first-order valence-electron chi connectivity index (χ1n) is 6.70. The first kappa shape index (κ1) is 14.8. The number of nitrogens with zero attached hydrogens (tertiary/aromatic N) is 2. The fourth-order valence-corrected chi connectivity index (χ4v) is 2.20. The van der Waals surface area contributed by atoms with E-state index < -0.39 is 0 Å². The maximum absolute atomic E-state index is 12.0. The number of hydrogen-bond acceptors (Lipinski definition) is 4. The highest BCUT2D eigenvalue weighted by molar-refractivity contribution is 6.31. The Kier molecular flexibility index (Phi) is 4.09. The van der Waals surface area contributed by atoms with Gasteiger partial charge in [0.25, 0.3) is 11.5 Å². The Labute approximate surface area is 136 Å². The molecule has 0 unspecified atom stereocenters. The Morgan fingerprint density at radius 1 is 1.17 bits per heavy atom. The van der Waals surface area contributed by atoms with Crippen molar-refractivity contribution in [1.29, 1.82) is 5.26 Å². The van der Waals surface area contributed by atoms with Gasteiger partial charge in [0, 0.05) is 16.0 Å². The van der Waals surface area contributed by atoms with E-state index in [-0.39, 0.29) is 17.0 Å². The summed E-state index contributed by atoms with van der Waals surface area (Å²) in [6.45, 7) is 0. The summed E-state index contributed by atoms with van der Waals surface area (Å²) in [7, 11) is 0. The minimum atomic E-state index is -0.388. The molecule has 2 aromatic carbocycles. The first-order chi connectivity index (χ1) is 11.2. The van der Waals surface area contributed by atoms with E-state index in [4.69, 9.17) is 16.0 Å². The summed E-state index contributed by atoms with van der Waals surface area (Å²) in [6, 6.07) is 17.3. The molecule has 0 radical (unpaired) electrons. The van der Waals surface area contributed by atoms with Crippen LogP contribution in [0.25, 0.3) is 11.0 Å². The number of halogens is 1. The average molecular weight is 324 g/mol. The number of fused-ring (bicyclic) bond motifs is 1. The standard InChI is InChI=1S/C17H10ClN3O2/c18-14-6-7-15-12(9-14)8-13(10-19)17(23-15)21-20-16(22)11-4-2-1-3-5-11/h1-9H,(H,20,22)/b21-17+. The molecule has 6 heteroatoms. The molecule has 0 aliphatic rings. The van der Waals surface area contributed by atoms with E-state index in [0.717, 1.165) is 0 Å². The van der Waals surface area contributed by atoms with Crippen LogP contribution in [0.3, 0.4) is 0 Å². The fourth-order valence-electron chi connectivity index (χ4n) is 2.02. The van der Waals surface area contributed by atoms with Gasteiger partial charge < -0.3 is 4.42 Å². The molecule has 1 aromatic heterocycles. The number of nitriles is 1. The van der Waals surface area contributed by atoms with Gasteiger partial charge in [0.2, 0.25) is 0 Å². The number of carbonyl (C=O) groups excluding carboxylic acids is 1. The second kappa shape index (κ2) is 6.34. The summed E-state index contributed by atoms with van der Waals surface area (Å²) in [5, 5.41) is 14.3. The lowest BCUT2D eigenvalue weighted by molar-refractivity contribution is 0.0951. The summed E-state index contributed by atoms with van der Waals surface area (Å²) in [6.07, 6.45) is 0. The Bertz CT molecular complexity index is 988. The third-order valence-corrected chi connectivity index (χ3v) is 3.36. The first-order valence-corrected chi connectivity index (χ1v) is 7.08. The molecule has 5 nitrogen and oxygen atoms in total. The van der Waals surface area contributed by atoms with Crippen molar-refractivity contribution in [3.05, 3.63) is 76.3 Å². The van der Waals surface area contributed by atoms with E-state index in [0.29, 0.717) is 21.6 Å². The molecule has 0 saturated heterocycles. The van der Waals surface area contributed by atoms with Crippen molar-refractivity contribution in [2.24, 2.45) is 5.10 Å². The van der Waals surface area contributed by atoms with E-state index in [2.05, 4.69) is 10.5 Å². The number of nitrogens with one attached hydrogen (secondary N) is 1. The Balaban J connectivity index is 2.00. The van der Waals surface area contributed by atoms with Crippen LogP contribution in [0, 0.1) is 11.3 Å². The largest absolute Gasteiger partial charge is 0.436 e. The van der Waals surface area contributed by atoms with Gasteiger partial charge >= 0.3 is 0 Å². The normalized spacial score (nSPS) is 11.2. The third kappa shape index (κ3) is 3.23. The smallest absolute Gasteiger partial charge is 0.271 e. The van der Waals surface area contributed by atoms with Crippen molar-refractivity contribution in [2.45, 2.75) is 0 Å². The summed E-state index contributed by atoms with van der Waals surface area (Å²) < 4.78 is 5.56. The molecule has 1 amide bonds. The van der Waals surface area contributed by atoms with Crippen molar-refractivity contribution in [2.75, 3.05) is 0 Å². The lowest BCUT2D eigenvalue weighted by Gasteiger charge is -2.01. The molecule has 0 aliphatic carbocycles. The number of carbonyl (C=O) groups is 1. The molecule has 112 valence electrons. The van der Waals surface area contributed by atoms with Gasteiger partial charge in [0.15, 0.2) is 0 Å². The summed E-state index contributed by atoms with van der Waals surface area (Å²) in [4.78, 5) is 12.0. The summed E-state index contributed by atoms with van der Waals surface area (Å²) >= 11 is 5.92. The molecule has 3 rings (SSSR count). The summed E-state index contributed by atoms with van der Waals surface area (Å²) in [5.41, 5.74) is 3.59. The SMILES string of the molecule is N#Cc1cc2cc(Cl)ccc2o/c1=N/NC(=O)c1ccccc1. The van der Waals surface area contributed by atoms with Crippen LogP contribution >= 0.6 is 11.6 Å².